The van der Waals surface area contributed by atoms with Crippen molar-refractivity contribution < 1.29 is 81.6 Å². The molecule has 154 valence electrons. The number of ketones is 1. The number of rotatable bonds is 6. The molecule has 1 atom stereocenters. The summed E-state index contributed by atoms with van der Waals surface area (Å²) in [6.07, 6.45) is -20.9. The van der Waals surface area contributed by atoms with Gasteiger partial charge in [0.05, 0.1) is 0 Å². The number of hydrogen-bond donors (Lipinski definition) is 0. The summed E-state index contributed by atoms with van der Waals surface area (Å²) in [6.45, 7) is -2.18. The molecule has 1 fully saturated rings. The molecule has 1 aliphatic heterocycles. The maximum atomic E-state index is 12.4. The fourth-order valence-electron chi connectivity index (χ4n) is 0.952. The fraction of sp³-hybridized carbons (Fsp3) is 0.750. The van der Waals surface area contributed by atoms with Crippen molar-refractivity contribution in [3.8, 4) is 0 Å². The topological polar surface area (TPSA) is 71.1 Å². The van der Waals surface area contributed by atoms with Crippen LogP contribution in [0.2, 0.25) is 0 Å². The van der Waals surface area contributed by atoms with Crippen molar-refractivity contribution in [3.05, 3.63) is 0 Å². The predicted molar refractivity (Wildman–Crippen MR) is 46.2 cm³/mol. The fourth-order valence-corrected chi connectivity index (χ4v) is 0.952. The summed E-state index contributed by atoms with van der Waals surface area (Å²) < 4.78 is 149. The molecule has 0 amide bonds. The second-order valence-corrected chi connectivity index (χ2v) is 3.75. The zero-order valence-electron chi connectivity index (χ0n) is 11.2. The number of Topliss-reactive ketones (excluding diaryl/α,β-unsaturated/α-hetero) is 1. The molecule has 1 aliphatic rings. The summed E-state index contributed by atoms with van der Waals surface area (Å²) in [5.74, 6) is -8.41. The first-order valence-electron chi connectivity index (χ1n) is 5.23. The highest BCUT2D eigenvalue weighted by atomic mass is 19.4. The quantitative estimate of drug-likeness (QED) is 0.485. The molecule has 0 saturated carbocycles. The van der Waals surface area contributed by atoms with Gasteiger partial charge in [-0.1, -0.05) is 0 Å². The number of halogens is 12. The number of carbonyl (C=O) groups excluding carboxylic acids is 2. The summed E-state index contributed by atoms with van der Waals surface area (Å²) >= 11 is 0. The van der Waals surface area contributed by atoms with E-state index in [-0.39, 0.29) is 0 Å². The van der Waals surface area contributed by atoms with Crippen LogP contribution in [-0.4, -0.2) is 49.2 Å². The van der Waals surface area contributed by atoms with E-state index in [1.165, 1.54) is 0 Å². The van der Waals surface area contributed by atoms with Gasteiger partial charge in [0, 0.05) is 0 Å². The van der Waals surface area contributed by atoms with E-state index in [1.54, 1.807) is 4.94 Å². The Morgan fingerprint density at radius 3 is 1.62 bits per heavy atom. The van der Waals surface area contributed by atoms with Crippen LogP contribution in [0, 0.1) is 0 Å². The van der Waals surface area contributed by atoms with Gasteiger partial charge in [-0.25, -0.2) is 13.9 Å². The smallest absolute Gasteiger partial charge is 0.282 e. The summed E-state index contributed by atoms with van der Waals surface area (Å²) in [4.78, 5) is 21.2. The van der Waals surface area contributed by atoms with Gasteiger partial charge in [0.2, 0.25) is 0 Å². The van der Waals surface area contributed by atoms with Crippen molar-refractivity contribution in [2.24, 2.45) is 0 Å². The zero-order valence-corrected chi connectivity index (χ0v) is 11.2. The van der Waals surface area contributed by atoms with Crippen molar-refractivity contribution in [2.75, 3.05) is 6.86 Å². The van der Waals surface area contributed by atoms with Crippen molar-refractivity contribution in [3.63, 3.8) is 0 Å². The van der Waals surface area contributed by atoms with E-state index in [2.05, 4.69) is 14.2 Å². The molecule has 1 rings (SSSR count). The highest BCUT2D eigenvalue weighted by Crippen LogP contribution is 2.49. The van der Waals surface area contributed by atoms with Crippen LogP contribution in [0.25, 0.3) is 0 Å². The minimum Gasteiger partial charge on any atom is -0.282 e. The molecule has 0 spiro atoms. The van der Waals surface area contributed by atoms with Crippen LogP contribution in [0.15, 0.2) is 0 Å². The predicted octanol–water partition coefficient (Wildman–Crippen LogP) is 2.92. The molecular weight excluding hydrogens is 420 g/mol. The lowest BCUT2D eigenvalue weighted by molar-refractivity contribution is -0.386. The molecular formula is C8H2F12O6. The van der Waals surface area contributed by atoms with Gasteiger partial charge < -0.3 is 0 Å². The van der Waals surface area contributed by atoms with Crippen LogP contribution < -0.4 is 0 Å². The second kappa shape index (κ2) is 7.53. The lowest BCUT2D eigenvalue weighted by Gasteiger charge is -2.16. The first-order valence-corrected chi connectivity index (χ1v) is 5.23. The Morgan fingerprint density at radius 2 is 1.38 bits per heavy atom. The molecule has 0 aliphatic carbocycles. The molecule has 1 unspecified atom stereocenters. The van der Waals surface area contributed by atoms with E-state index < -0.39 is 49.2 Å². The Hall–Kier alpha value is -1.66. The average Bonchev–Trinajstić information content (AvgIpc) is 2.62. The van der Waals surface area contributed by atoms with Crippen LogP contribution >= 0.6 is 0 Å². The van der Waals surface area contributed by atoms with Gasteiger partial charge in [-0.15, -0.1) is 13.7 Å². The Morgan fingerprint density at radius 1 is 0.923 bits per heavy atom. The Bertz CT molecular complexity index is 538. The molecule has 18 heteroatoms. The van der Waals surface area contributed by atoms with Gasteiger partial charge in [0.15, 0.2) is 6.86 Å². The van der Waals surface area contributed by atoms with E-state index in [0.717, 1.165) is 0 Å². The minimum atomic E-state index is -5.36. The molecule has 0 aromatic rings. The minimum absolute atomic E-state index is 1.67. The Labute approximate surface area is 132 Å². The lowest BCUT2D eigenvalue weighted by atomic mass is 10.3. The standard InChI is InChI=1S/C4F6O3.C4H2F6O3/c5-1(11)2(6)3(7,8)13-4(9,10)12-2;5-1-12-3(6,7)2(11)4(8,9)13-10/h;1H2. The number of carbonyl (C=O) groups is 2. The van der Waals surface area contributed by atoms with Crippen LogP contribution in [0.4, 0.5) is 52.8 Å². The summed E-state index contributed by atoms with van der Waals surface area (Å²) in [7, 11) is 0. The van der Waals surface area contributed by atoms with E-state index in [1.807, 2.05) is 0 Å². The van der Waals surface area contributed by atoms with Crippen LogP contribution in [-0.2, 0) is 28.7 Å². The van der Waals surface area contributed by atoms with Gasteiger partial charge in [-0.3, -0.25) is 14.3 Å². The van der Waals surface area contributed by atoms with Gasteiger partial charge in [0.25, 0.3) is 0 Å². The summed E-state index contributed by atoms with van der Waals surface area (Å²) in [6, 6.07) is -3.39. The molecule has 0 radical (unpaired) electrons. The average molecular weight is 422 g/mol. The van der Waals surface area contributed by atoms with Gasteiger partial charge in [0.1, 0.15) is 0 Å². The lowest BCUT2D eigenvalue weighted by Crippen LogP contribution is -2.46. The molecule has 0 N–H and O–H groups in total. The largest absolute Gasteiger partial charge is 0.493 e. The van der Waals surface area contributed by atoms with Crippen LogP contribution in [0.5, 0.6) is 0 Å². The van der Waals surface area contributed by atoms with Crippen molar-refractivity contribution in [1.82, 2.24) is 0 Å². The first-order chi connectivity index (χ1) is 11.4. The third kappa shape index (κ3) is 5.17. The van der Waals surface area contributed by atoms with Crippen molar-refractivity contribution in [2.45, 2.75) is 30.5 Å². The molecule has 1 saturated heterocycles. The Balaban J connectivity index is 0.000000481. The van der Waals surface area contributed by atoms with E-state index in [0.29, 0.717) is 0 Å². The number of alkyl halides is 10. The van der Waals surface area contributed by atoms with E-state index in [9.17, 15) is 62.4 Å². The van der Waals surface area contributed by atoms with Gasteiger partial charge in [-0.2, -0.15) is 35.1 Å². The Kier molecular flexibility index (Phi) is 7.05. The highest BCUT2D eigenvalue weighted by molar-refractivity contribution is 5.89. The molecule has 0 aromatic heterocycles. The normalized spacial score (nSPS) is 24.6. The van der Waals surface area contributed by atoms with Crippen LogP contribution in [0.1, 0.15) is 0 Å². The molecule has 1 heterocycles. The SMILES string of the molecule is O=C(C(F)(F)OF)C(F)(F)OCF.O=C(F)C1(F)OC(F)(F)OC1(F)F. The zero-order chi connectivity index (χ0) is 21.2. The summed E-state index contributed by atoms with van der Waals surface area (Å²) in [5, 5.41) is 0. The highest BCUT2D eigenvalue weighted by Gasteiger charge is 2.77. The first kappa shape index (κ1) is 24.3. The monoisotopic (exact) mass is 422 g/mol. The molecule has 6 nitrogen and oxygen atoms in total. The third-order valence-corrected chi connectivity index (χ3v) is 2.00. The van der Waals surface area contributed by atoms with E-state index >= 15 is 0 Å². The van der Waals surface area contributed by atoms with Gasteiger partial charge >= 0.3 is 42.3 Å². The van der Waals surface area contributed by atoms with Crippen molar-refractivity contribution in [1.29, 1.82) is 0 Å². The number of ether oxygens (including phenoxy) is 3. The second-order valence-electron chi connectivity index (χ2n) is 3.75. The summed E-state index contributed by atoms with van der Waals surface area (Å²) in [5.41, 5.74) is 0. The van der Waals surface area contributed by atoms with Crippen LogP contribution in [0.3, 0.4) is 0 Å². The molecule has 0 aromatic carbocycles. The molecule has 0 bridgehead atoms. The maximum absolute atomic E-state index is 12.4. The van der Waals surface area contributed by atoms with Gasteiger partial charge in [-0.05, 0) is 4.53 Å². The maximum Gasteiger partial charge on any atom is 0.493 e. The number of hydrogen-bond acceptors (Lipinski definition) is 6. The van der Waals surface area contributed by atoms with E-state index in [4.69, 9.17) is 0 Å². The molecule has 26 heavy (non-hydrogen) atoms. The third-order valence-electron chi connectivity index (χ3n) is 2.00. The van der Waals surface area contributed by atoms with Crippen molar-refractivity contribution >= 4 is 11.8 Å².